The van der Waals surface area contributed by atoms with Gasteiger partial charge in [-0.3, -0.25) is 0 Å². The lowest BCUT2D eigenvalue weighted by atomic mass is 10.2. The Labute approximate surface area is 170 Å². The number of carbonyl (C=O) groups excluding carboxylic acids is 1. The highest BCUT2D eigenvalue weighted by Gasteiger charge is 2.37. The highest BCUT2D eigenvalue weighted by atomic mass is 32.2. The Balaban J connectivity index is 2.56. The summed E-state index contributed by atoms with van der Waals surface area (Å²) in [6.07, 6.45) is -3.02. The first-order valence-corrected chi connectivity index (χ1v) is 10.2. The normalized spacial score (nSPS) is 13.7. The fourth-order valence-corrected chi connectivity index (χ4v) is 4.63. The first-order chi connectivity index (χ1) is 13.8. The summed E-state index contributed by atoms with van der Waals surface area (Å²) in [6, 6.07) is 12.3. The van der Waals surface area contributed by atoms with E-state index in [0.29, 0.717) is 11.3 Å². The number of alkyl halides is 1. The van der Waals surface area contributed by atoms with Crippen molar-refractivity contribution < 1.29 is 31.8 Å². The average molecular weight is 425 g/mol. The molecule has 2 atom stereocenters. The van der Waals surface area contributed by atoms with Crippen LogP contribution in [-0.2, 0) is 26.0 Å². The van der Waals surface area contributed by atoms with Gasteiger partial charge in [0.05, 0.1) is 24.7 Å². The minimum absolute atomic E-state index is 0.143. The fourth-order valence-electron chi connectivity index (χ4n) is 2.85. The number of benzene rings is 2. The van der Waals surface area contributed by atoms with E-state index in [2.05, 4.69) is 4.74 Å². The maximum atomic E-state index is 14.3. The van der Waals surface area contributed by atoms with Crippen molar-refractivity contribution in [1.29, 1.82) is 0 Å². The standard InChI is InChI=1S/C20H24FNO6S/c1-14(21)19(27-3)22(13-15-9-11-16(26-2)12-10-15)29(24,25)18-8-6-5-7-17(18)20(23)28-4/h5-12,14,19H,13H2,1-4H3. The van der Waals surface area contributed by atoms with Crippen LogP contribution in [0.2, 0.25) is 0 Å². The minimum Gasteiger partial charge on any atom is -0.497 e. The zero-order valence-corrected chi connectivity index (χ0v) is 17.5. The predicted octanol–water partition coefficient (Wildman–Crippen LogP) is 3.00. The molecule has 0 aliphatic carbocycles. The molecule has 0 amide bonds. The summed E-state index contributed by atoms with van der Waals surface area (Å²) in [5.41, 5.74) is 0.448. The van der Waals surface area contributed by atoms with Gasteiger partial charge < -0.3 is 14.2 Å². The topological polar surface area (TPSA) is 82.1 Å². The molecule has 0 aromatic heterocycles. The largest absolute Gasteiger partial charge is 0.497 e. The Morgan fingerprint density at radius 1 is 1.07 bits per heavy atom. The summed E-state index contributed by atoms with van der Waals surface area (Å²) in [5.74, 6) is -0.211. The van der Waals surface area contributed by atoms with Crippen LogP contribution in [0, 0.1) is 0 Å². The molecule has 2 rings (SSSR count). The Hall–Kier alpha value is -2.49. The summed E-state index contributed by atoms with van der Waals surface area (Å²) < 4.78 is 57.0. The number of nitrogens with zero attached hydrogens (tertiary/aromatic N) is 1. The second-order valence-corrected chi connectivity index (χ2v) is 8.05. The quantitative estimate of drug-likeness (QED) is 0.454. The maximum absolute atomic E-state index is 14.3. The van der Waals surface area contributed by atoms with Crippen molar-refractivity contribution in [3.8, 4) is 5.75 Å². The zero-order valence-electron chi connectivity index (χ0n) is 16.7. The van der Waals surface area contributed by atoms with Gasteiger partial charge in [0.1, 0.15) is 11.9 Å². The molecule has 158 valence electrons. The van der Waals surface area contributed by atoms with E-state index in [4.69, 9.17) is 9.47 Å². The maximum Gasteiger partial charge on any atom is 0.339 e. The van der Waals surface area contributed by atoms with E-state index in [1.165, 1.54) is 45.4 Å². The third-order valence-corrected chi connectivity index (χ3v) is 6.16. The number of methoxy groups -OCH3 is 3. The summed E-state index contributed by atoms with van der Waals surface area (Å²) in [5, 5.41) is 0. The molecule has 9 heteroatoms. The molecule has 0 saturated heterocycles. The number of carbonyl (C=O) groups is 1. The number of esters is 1. The Morgan fingerprint density at radius 2 is 1.69 bits per heavy atom. The molecule has 0 saturated carbocycles. The van der Waals surface area contributed by atoms with Gasteiger partial charge in [-0.2, -0.15) is 4.31 Å². The van der Waals surface area contributed by atoms with Crippen molar-refractivity contribution in [2.24, 2.45) is 0 Å². The Bertz CT molecular complexity index is 930. The van der Waals surface area contributed by atoms with Gasteiger partial charge in [-0.25, -0.2) is 17.6 Å². The lowest BCUT2D eigenvalue weighted by Crippen LogP contribution is -2.45. The monoisotopic (exact) mass is 425 g/mol. The second kappa shape index (κ2) is 9.82. The number of hydrogen-bond acceptors (Lipinski definition) is 6. The molecule has 0 bridgehead atoms. The molecule has 0 fully saturated rings. The fraction of sp³-hybridized carbons (Fsp3) is 0.350. The van der Waals surface area contributed by atoms with Gasteiger partial charge in [-0.1, -0.05) is 24.3 Å². The molecular weight excluding hydrogens is 401 g/mol. The molecule has 0 spiro atoms. The smallest absolute Gasteiger partial charge is 0.339 e. The van der Waals surface area contributed by atoms with Crippen LogP contribution < -0.4 is 4.74 Å². The van der Waals surface area contributed by atoms with Crippen LogP contribution in [0.1, 0.15) is 22.8 Å². The van der Waals surface area contributed by atoms with Crippen LogP contribution in [0.25, 0.3) is 0 Å². The summed E-state index contributed by atoms with van der Waals surface area (Å²) in [6.45, 7) is 1.03. The van der Waals surface area contributed by atoms with E-state index in [0.717, 1.165) is 11.4 Å². The van der Waals surface area contributed by atoms with Crippen molar-refractivity contribution >= 4 is 16.0 Å². The molecule has 0 N–H and O–H groups in total. The van der Waals surface area contributed by atoms with Crippen LogP contribution in [0.5, 0.6) is 5.75 Å². The highest BCUT2D eigenvalue weighted by molar-refractivity contribution is 7.89. The van der Waals surface area contributed by atoms with Crippen molar-refractivity contribution in [3.63, 3.8) is 0 Å². The zero-order chi connectivity index (χ0) is 21.6. The van der Waals surface area contributed by atoms with E-state index < -0.39 is 28.4 Å². The van der Waals surface area contributed by atoms with Crippen LogP contribution in [-0.4, -0.2) is 52.4 Å². The molecule has 2 unspecified atom stereocenters. The van der Waals surface area contributed by atoms with Crippen LogP contribution in [0.4, 0.5) is 4.39 Å². The molecule has 0 aliphatic heterocycles. The highest BCUT2D eigenvalue weighted by Crippen LogP contribution is 2.27. The number of hydrogen-bond donors (Lipinski definition) is 0. The predicted molar refractivity (Wildman–Crippen MR) is 105 cm³/mol. The molecule has 2 aromatic rings. The molecule has 2 aromatic carbocycles. The van der Waals surface area contributed by atoms with Gasteiger partial charge in [-0.05, 0) is 36.8 Å². The lowest BCUT2D eigenvalue weighted by Gasteiger charge is -2.31. The summed E-state index contributed by atoms with van der Waals surface area (Å²) >= 11 is 0. The second-order valence-electron chi connectivity index (χ2n) is 6.19. The number of halogens is 1. The third-order valence-electron chi connectivity index (χ3n) is 4.29. The minimum atomic E-state index is -4.32. The van der Waals surface area contributed by atoms with E-state index in [-0.39, 0.29) is 17.0 Å². The van der Waals surface area contributed by atoms with Crippen molar-refractivity contribution in [3.05, 3.63) is 59.7 Å². The number of sulfonamides is 1. The molecule has 0 aliphatic rings. The first kappa shape index (κ1) is 22.8. The molecule has 29 heavy (non-hydrogen) atoms. The molecule has 0 radical (unpaired) electrons. The van der Waals surface area contributed by atoms with E-state index in [1.54, 1.807) is 24.3 Å². The summed E-state index contributed by atoms with van der Waals surface area (Å²) in [7, 11) is -0.425. The van der Waals surface area contributed by atoms with Crippen LogP contribution in [0.15, 0.2) is 53.4 Å². The van der Waals surface area contributed by atoms with Gasteiger partial charge >= 0.3 is 5.97 Å². The number of ether oxygens (including phenoxy) is 3. The Kier molecular flexibility index (Phi) is 7.72. The van der Waals surface area contributed by atoms with Gasteiger partial charge in [0, 0.05) is 13.7 Å². The lowest BCUT2D eigenvalue weighted by molar-refractivity contribution is -0.0380. The van der Waals surface area contributed by atoms with E-state index in [1.807, 2.05) is 0 Å². The van der Waals surface area contributed by atoms with Crippen LogP contribution >= 0.6 is 0 Å². The van der Waals surface area contributed by atoms with Gasteiger partial charge in [-0.15, -0.1) is 0 Å². The van der Waals surface area contributed by atoms with Gasteiger partial charge in [0.15, 0.2) is 6.23 Å². The summed E-state index contributed by atoms with van der Waals surface area (Å²) in [4.78, 5) is 11.8. The van der Waals surface area contributed by atoms with E-state index in [9.17, 15) is 17.6 Å². The van der Waals surface area contributed by atoms with Crippen molar-refractivity contribution in [1.82, 2.24) is 4.31 Å². The molecule has 7 nitrogen and oxygen atoms in total. The average Bonchev–Trinajstić information content (AvgIpc) is 2.73. The molecule has 0 heterocycles. The molecular formula is C20H24FNO6S. The van der Waals surface area contributed by atoms with E-state index >= 15 is 0 Å². The Morgan fingerprint density at radius 3 is 2.21 bits per heavy atom. The van der Waals surface area contributed by atoms with Gasteiger partial charge in [0.25, 0.3) is 0 Å². The SMILES string of the molecule is COC(=O)c1ccccc1S(=O)(=O)N(Cc1ccc(OC)cc1)C(OC)C(C)F. The number of rotatable bonds is 9. The third kappa shape index (κ3) is 5.11. The first-order valence-electron chi connectivity index (χ1n) is 8.75. The van der Waals surface area contributed by atoms with Crippen LogP contribution in [0.3, 0.4) is 0 Å². The van der Waals surface area contributed by atoms with Crippen molar-refractivity contribution in [2.45, 2.75) is 30.8 Å². The van der Waals surface area contributed by atoms with Crippen molar-refractivity contribution in [2.75, 3.05) is 21.3 Å². The van der Waals surface area contributed by atoms with Gasteiger partial charge in [0.2, 0.25) is 10.0 Å².